The van der Waals surface area contributed by atoms with Crippen LogP contribution in [0.1, 0.15) is 28.8 Å². The first-order chi connectivity index (χ1) is 15.3. The number of nitrogens with zero attached hydrogens (tertiary/aromatic N) is 1. The number of anilines is 4. The predicted octanol–water partition coefficient (Wildman–Crippen LogP) is 5.44. The van der Waals surface area contributed by atoms with Gasteiger partial charge < -0.3 is 16.0 Å². The molecule has 3 N–H and O–H groups in total. The summed E-state index contributed by atoms with van der Waals surface area (Å²) in [6, 6.07) is 14.6. The summed E-state index contributed by atoms with van der Waals surface area (Å²) in [5, 5.41) is 8.40. The zero-order valence-corrected chi connectivity index (χ0v) is 16.7. The largest absolute Gasteiger partial charge is 0.417 e. The van der Waals surface area contributed by atoms with Crippen LogP contribution in [0.5, 0.6) is 0 Å². The summed E-state index contributed by atoms with van der Waals surface area (Å²) < 4.78 is 39.6. The Labute approximate surface area is 181 Å². The number of carbonyl (C=O) groups is 2. The molecule has 2 amide bonds. The predicted molar refractivity (Wildman–Crippen MR) is 115 cm³/mol. The molecular weight excluding hydrogens is 421 g/mol. The lowest BCUT2D eigenvalue weighted by molar-refractivity contribution is -0.137. The van der Waals surface area contributed by atoms with Crippen LogP contribution < -0.4 is 16.0 Å². The molecule has 1 aliphatic rings. The van der Waals surface area contributed by atoms with Gasteiger partial charge in [0.1, 0.15) is 5.82 Å². The SMILES string of the molecule is O=C(Nc1cccc(Nc2ccnc(NC(=O)C3CC3)c2)c1)c1ccccc1C(F)(F)F. The summed E-state index contributed by atoms with van der Waals surface area (Å²) in [5.41, 5.74) is 0.121. The van der Waals surface area contributed by atoms with Crippen LogP contribution in [0, 0.1) is 5.92 Å². The van der Waals surface area contributed by atoms with Gasteiger partial charge in [-0.25, -0.2) is 4.98 Å². The van der Waals surface area contributed by atoms with Crippen LogP contribution in [-0.2, 0) is 11.0 Å². The zero-order chi connectivity index (χ0) is 22.7. The fourth-order valence-corrected chi connectivity index (χ4v) is 3.12. The Balaban J connectivity index is 1.47. The van der Waals surface area contributed by atoms with E-state index in [2.05, 4.69) is 20.9 Å². The Morgan fingerprint density at radius 3 is 2.34 bits per heavy atom. The van der Waals surface area contributed by atoms with Crippen LogP contribution in [0.25, 0.3) is 0 Å². The van der Waals surface area contributed by atoms with Crippen LogP contribution in [-0.4, -0.2) is 16.8 Å². The minimum Gasteiger partial charge on any atom is -0.355 e. The number of rotatable bonds is 6. The lowest BCUT2D eigenvalue weighted by Crippen LogP contribution is -2.18. The number of alkyl halides is 3. The third-order valence-corrected chi connectivity index (χ3v) is 4.85. The summed E-state index contributed by atoms with van der Waals surface area (Å²) in [6.07, 6.45) is -1.32. The van der Waals surface area contributed by atoms with Crippen LogP contribution in [0.2, 0.25) is 0 Å². The minimum absolute atomic E-state index is 0.0520. The van der Waals surface area contributed by atoms with Crippen molar-refractivity contribution >= 4 is 34.7 Å². The second-order valence-electron chi connectivity index (χ2n) is 7.40. The van der Waals surface area contributed by atoms with E-state index >= 15 is 0 Å². The molecule has 1 saturated carbocycles. The van der Waals surface area contributed by atoms with Gasteiger partial charge in [0.25, 0.3) is 5.91 Å². The Bertz CT molecular complexity index is 1160. The van der Waals surface area contributed by atoms with Gasteiger partial charge in [-0.1, -0.05) is 18.2 Å². The second kappa shape index (κ2) is 8.70. The number of nitrogens with one attached hydrogen (secondary N) is 3. The van der Waals surface area contributed by atoms with E-state index in [9.17, 15) is 22.8 Å². The maximum absolute atomic E-state index is 13.2. The highest BCUT2D eigenvalue weighted by Gasteiger charge is 2.34. The van der Waals surface area contributed by atoms with Crippen molar-refractivity contribution in [3.63, 3.8) is 0 Å². The van der Waals surface area contributed by atoms with Gasteiger partial charge in [0.15, 0.2) is 0 Å². The van der Waals surface area contributed by atoms with E-state index in [4.69, 9.17) is 0 Å². The molecule has 32 heavy (non-hydrogen) atoms. The Hall–Kier alpha value is -3.88. The highest BCUT2D eigenvalue weighted by atomic mass is 19.4. The molecule has 4 rings (SSSR count). The second-order valence-corrected chi connectivity index (χ2v) is 7.40. The van der Waals surface area contributed by atoms with E-state index in [1.165, 1.54) is 12.1 Å². The average Bonchev–Trinajstić information content (AvgIpc) is 3.59. The Kier molecular flexibility index (Phi) is 5.81. The van der Waals surface area contributed by atoms with Gasteiger partial charge in [0.2, 0.25) is 5.91 Å². The zero-order valence-electron chi connectivity index (χ0n) is 16.7. The van der Waals surface area contributed by atoms with Gasteiger partial charge in [-0.2, -0.15) is 13.2 Å². The molecule has 1 fully saturated rings. The molecule has 1 heterocycles. The van der Waals surface area contributed by atoms with Crippen molar-refractivity contribution in [2.24, 2.45) is 5.92 Å². The van der Waals surface area contributed by atoms with Crippen molar-refractivity contribution in [1.82, 2.24) is 4.98 Å². The number of carbonyl (C=O) groups excluding carboxylic acids is 2. The van der Waals surface area contributed by atoms with Gasteiger partial charge in [-0.15, -0.1) is 0 Å². The number of aromatic nitrogens is 1. The third kappa shape index (κ3) is 5.23. The molecule has 0 saturated heterocycles. The molecule has 0 atom stereocenters. The number of amides is 2. The van der Waals surface area contributed by atoms with E-state index < -0.39 is 23.2 Å². The lowest BCUT2D eigenvalue weighted by atomic mass is 10.1. The van der Waals surface area contributed by atoms with Gasteiger partial charge in [-0.3, -0.25) is 9.59 Å². The minimum atomic E-state index is -4.63. The average molecular weight is 440 g/mol. The molecule has 2 aromatic carbocycles. The van der Waals surface area contributed by atoms with Crippen molar-refractivity contribution in [3.8, 4) is 0 Å². The van der Waals surface area contributed by atoms with Crippen molar-refractivity contribution < 1.29 is 22.8 Å². The van der Waals surface area contributed by atoms with Gasteiger partial charge in [-0.05, 0) is 49.2 Å². The molecule has 6 nitrogen and oxygen atoms in total. The summed E-state index contributed by atoms with van der Waals surface area (Å²) >= 11 is 0. The van der Waals surface area contributed by atoms with E-state index in [1.807, 2.05) is 0 Å². The molecule has 1 aromatic heterocycles. The van der Waals surface area contributed by atoms with Crippen molar-refractivity contribution in [1.29, 1.82) is 0 Å². The van der Waals surface area contributed by atoms with Crippen LogP contribution >= 0.6 is 0 Å². The Morgan fingerprint density at radius 1 is 0.875 bits per heavy atom. The first-order valence-electron chi connectivity index (χ1n) is 9.91. The van der Waals surface area contributed by atoms with Gasteiger partial charge in [0.05, 0.1) is 11.1 Å². The molecule has 0 bridgehead atoms. The van der Waals surface area contributed by atoms with Gasteiger partial charge >= 0.3 is 6.18 Å². The highest BCUT2D eigenvalue weighted by Crippen LogP contribution is 2.32. The van der Waals surface area contributed by atoms with Crippen LogP contribution in [0.4, 0.5) is 36.1 Å². The summed E-state index contributed by atoms with van der Waals surface area (Å²) in [4.78, 5) is 28.5. The lowest BCUT2D eigenvalue weighted by Gasteiger charge is -2.14. The van der Waals surface area contributed by atoms with Crippen LogP contribution in [0.15, 0.2) is 66.9 Å². The number of hydrogen-bond donors (Lipinski definition) is 3. The fourth-order valence-electron chi connectivity index (χ4n) is 3.12. The smallest absolute Gasteiger partial charge is 0.355 e. The first kappa shape index (κ1) is 21.4. The number of pyridine rings is 1. The quantitative estimate of drug-likeness (QED) is 0.476. The molecule has 164 valence electrons. The standard InChI is InChI=1S/C23H19F3N4O2/c24-23(25,26)19-7-2-1-6-18(19)22(32)29-16-5-3-4-15(12-16)28-17-10-11-27-20(13-17)30-21(31)14-8-9-14/h1-7,10-14H,8-9H2,(H,29,32)(H2,27,28,30,31). The molecule has 3 aromatic rings. The molecular formula is C23H19F3N4O2. The third-order valence-electron chi connectivity index (χ3n) is 4.85. The fraction of sp³-hybridized carbons (Fsp3) is 0.174. The topological polar surface area (TPSA) is 83.1 Å². The molecule has 9 heteroatoms. The first-order valence-corrected chi connectivity index (χ1v) is 9.91. The maximum Gasteiger partial charge on any atom is 0.417 e. The number of benzene rings is 2. The van der Waals surface area contributed by atoms with E-state index in [0.29, 0.717) is 22.9 Å². The van der Waals surface area contributed by atoms with E-state index in [0.717, 1.165) is 25.0 Å². The Morgan fingerprint density at radius 2 is 1.59 bits per heavy atom. The number of hydrogen-bond acceptors (Lipinski definition) is 4. The van der Waals surface area contributed by atoms with E-state index in [-0.39, 0.29) is 11.8 Å². The van der Waals surface area contributed by atoms with Crippen molar-refractivity contribution in [2.75, 3.05) is 16.0 Å². The summed E-state index contributed by atoms with van der Waals surface area (Å²) in [6.45, 7) is 0. The highest BCUT2D eigenvalue weighted by molar-refractivity contribution is 6.05. The van der Waals surface area contributed by atoms with Crippen molar-refractivity contribution in [3.05, 3.63) is 78.0 Å². The summed E-state index contributed by atoms with van der Waals surface area (Å²) in [5.74, 6) is -0.446. The monoisotopic (exact) mass is 440 g/mol. The van der Waals surface area contributed by atoms with Gasteiger partial charge in [0, 0.05) is 35.2 Å². The number of halogens is 3. The van der Waals surface area contributed by atoms with E-state index in [1.54, 1.807) is 42.6 Å². The molecule has 0 radical (unpaired) electrons. The molecule has 0 spiro atoms. The summed E-state index contributed by atoms with van der Waals surface area (Å²) in [7, 11) is 0. The van der Waals surface area contributed by atoms with Crippen LogP contribution in [0.3, 0.4) is 0 Å². The maximum atomic E-state index is 13.2. The molecule has 1 aliphatic carbocycles. The molecule has 0 aliphatic heterocycles. The molecule has 0 unspecified atom stereocenters. The van der Waals surface area contributed by atoms with Crippen molar-refractivity contribution in [2.45, 2.75) is 19.0 Å². The normalized spacial score (nSPS) is 13.3.